The molecule has 1 aliphatic carbocycles. The van der Waals surface area contributed by atoms with Gasteiger partial charge in [0.1, 0.15) is 0 Å². The van der Waals surface area contributed by atoms with Crippen LogP contribution >= 0.6 is 0 Å². The van der Waals surface area contributed by atoms with E-state index in [1.807, 2.05) is 0 Å². The summed E-state index contributed by atoms with van der Waals surface area (Å²) in [7, 11) is 0. The van der Waals surface area contributed by atoms with Gasteiger partial charge in [-0.25, -0.2) is 0 Å². The molecule has 1 rings (SSSR count). The molecule has 1 fully saturated rings. The maximum atomic E-state index is 9.05. The molecule has 2 atom stereocenters. The van der Waals surface area contributed by atoms with Crippen LogP contribution in [0.5, 0.6) is 0 Å². The number of aliphatic hydroxyl groups excluding tert-OH is 1. The summed E-state index contributed by atoms with van der Waals surface area (Å²) in [4.78, 5) is 8.36. The van der Waals surface area contributed by atoms with E-state index in [9.17, 15) is 0 Å². The Hall–Kier alpha value is -0.610. The van der Waals surface area contributed by atoms with Gasteiger partial charge in [-0.3, -0.25) is 4.79 Å². The van der Waals surface area contributed by atoms with E-state index in [4.69, 9.17) is 20.7 Å². The first-order valence-corrected chi connectivity index (χ1v) is 3.74. The summed E-state index contributed by atoms with van der Waals surface area (Å²) >= 11 is 0. The Kier molecular flexibility index (Phi) is 5.78. The number of aliphatic hydroxyl groups is 1. The Labute approximate surface area is 66.0 Å². The van der Waals surface area contributed by atoms with Gasteiger partial charge in [-0.15, -0.1) is 0 Å². The van der Waals surface area contributed by atoms with Crippen molar-refractivity contribution in [3.05, 3.63) is 0 Å². The molecule has 0 radical (unpaired) electrons. The molecule has 0 saturated heterocycles. The largest absolute Gasteiger partial charge is 0.483 e. The van der Waals surface area contributed by atoms with Crippen molar-refractivity contribution in [3.63, 3.8) is 0 Å². The third kappa shape index (κ3) is 4.75. The van der Waals surface area contributed by atoms with E-state index >= 15 is 0 Å². The molecule has 1 saturated carbocycles. The number of rotatable bonds is 0. The monoisotopic (exact) mass is 161 g/mol. The second-order valence-corrected chi connectivity index (χ2v) is 2.62. The summed E-state index contributed by atoms with van der Waals surface area (Å²) in [5.41, 5.74) is 5.53. The topological polar surface area (TPSA) is 83.5 Å². The fourth-order valence-corrected chi connectivity index (χ4v) is 1.14. The molecule has 0 aromatic rings. The van der Waals surface area contributed by atoms with Crippen molar-refractivity contribution in [2.75, 3.05) is 0 Å². The van der Waals surface area contributed by atoms with Crippen LogP contribution in [0, 0.1) is 0 Å². The smallest absolute Gasteiger partial charge is 0.290 e. The van der Waals surface area contributed by atoms with Crippen LogP contribution in [-0.4, -0.2) is 28.8 Å². The Morgan fingerprint density at radius 2 is 1.82 bits per heavy atom. The predicted molar refractivity (Wildman–Crippen MR) is 41.1 cm³/mol. The average Bonchev–Trinajstić information content (AvgIpc) is 1.97. The van der Waals surface area contributed by atoms with Gasteiger partial charge >= 0.3 is 0 Å². The van der Waals surface area contributed by atoms with Crippen molar-refractivity contribution in [3.8, 4) is 0 Å². The Balaban J connectivity index is 0.000000292. The minimum Gasteiger partial charge on any atom is -0.483 e. The SMILES string of the molecule is N[C@@H]1CCCC[C@@H]1O.O=CO. The summed E-state index contributed by atoms with van der Waals surface area (Å²) < 4.78 is 0. The molecule has 0 amide bonds. The third-order valence-electron chi connectivity index (χ3n) is 1.78. The van der Waals surface area contributed by atoms with Crippen LogP contribution in [0.2, 0.25) is 0 Å². The molecule has 0 spiro atoms. The van der Waals surface area contributed by atoms with Crippen molar-refractivity contribution in [1.29, 1.82) is 0 Å². The van der Waals surface area contributed by atoms with E-state index in [2.05, 4.69) is 0 Å². The molecule has 66 valence electrons. The van der Waals surface area contributed by atoms with E-state index in [1.165, 1.54) is 6.42 Å². The van der Waals surface area contributed by atoms with Crippen LogP contribution in [0.3, 0.4) is 0 Å². The van der Waals surface area contributed by atoms with Gasteiger partial charge in [-0.1, -0.05) is 12.8 Å². The first kappa shape index (κ1) is 10.4. The van der Waals surface area contributed by atoms with Gasteiger partial charge in [0.05, 0.1) is 6.10 Å². The lowest BCUT2D eigenvalue weighted by molar-refractivity contribution is -0.122. The first-order valence-electron chi connectivity index (χ1n) is 3.74. The zero-order valence-electron chi connectivity index (χ0n) is 6.44. The van der Waals surface area contributed by atoms with Gasteiger partial charge in [-0.2, -0.15) is 0 Å². The second kappa shape index (κ2) is 6.12. The number of hydrogen-bond acceptors (Lipinski definition) is 3. The zero-order valence-corrected chi connectivity index (χ0v) is 6.44. The van der Waals surface area contributed by atoms with Crippen LogP contribution in [-0.2, 0) is 4.79 Å². The molecule has 4 heteroatoms. The van der Waals surface area contributed by atoms with E-state index < -0.39 is 0 Å². The van der Waals surface area contributed by atoms with Crippen molar-refractivity contribution in [1.82, 2.24) is 0 Å². The molecule has 0 heterocycles. The van der Waals surface area contributed by atoms with Gasteiger partial charge in [-0.05, 0) is 12.8 Å². The van der Waals surface area contributed by atoms with Crippen molar-refractivity contribution < 1.29 is 15.0 Å². The minimum absolute atomic E-state index is 0.0590. The molecular formula is C7H15NO3. The summed E-state index contributed by atoms with van der Waals surface area (Å²) in [6, 6.07) is 0.0590. The van der Waals surface area contributed by atoms with E-state index in [0.717, 1.165) is 19.3 Å². The normalized spacial score (nSPS) is 30.0. The number of hydrogen-bond donors (Lipinski definition) is 3. The van der Waals surface area contributed by atoms with Gasteiger partial charge in [0, 0.05) is 6.04 Å². The lowest BCUT2D eigenvalue weighted by atomic mass is 9.94. The van der Waals surface area contributed by atoms with Gasteiger partial charge in [0.25, 0.3) is 6.47 Å². The van der Waals surface area contributed by atoms with Crippen LogP contribution in [0.4, 0.5) is 0 Å². The summed E-state index contributed by atoms with van der Waals surface area (Å²) in [5.74, 6) is 0. The molecule has 0 bridgehead atoms. The quantitative estimate of drug-likeness (QED) is 0.435. The van der Waals surface area contributed by atoms with Gasteiger partial charge in [0.15, 0.2) is 0 Å². The van der Waals surface area contributed by atoms with Crippen molar-refractivity contribution >= 4 is 6.47 Å². The molecule has 0 aromatic carbocycles. The number of nitrogens with two attached hydrogens (primary N) is 1. The van der Waals surface area contributed by atoms with Crippen molar-refractivity contribution in [2.24, 2.45) is 5.73 Å². The van der Waals surface area contributed by atoms with E-state index in [1.54, 1.807) is 0 Å². The second-order valence-electron chi connectivity index (χ2n) is 2.62. The molecule has 4 N–H and O–H groups in total. The van der Waals surface area contributed by atoms with Crippen LogP contribution in [0.15, 0.2) is 0 Å². The Bertz CT molecular complexity index is 97.9. The lowest BCUT2D eigenvalue weighted by Crippen LogP contribution is -2.37. The first-order chi connectivity index (χ1) is 5.22. The molecule has 0 aliphatic heterocycles. The zero-order chi connectivity index (χ0) is 8.69. The van der Waals surface area contributed by atoms with E-state index in [0.29, 0.717) is 0 Å². The maximum absolute atomic E-state index is 9.05. The standard InChI is InChI=1S/C6H13NO.CH2O2/c7-5-3-1-2-4-6(5)8;2-1-3/h5-6,8H,1-4,7H2;1H,(H,2,3)/t5-,6+;/m1./s1. The summed E-state index contributed by atoms with van der Waals surface area (Å²) in [6.45, 7) is -0.250. The minimum atomic E-state index is -0.250. The highest BCUT2D eigenvalue weighted by atomic mass is 16.3. The fourth-order valence-electron chi connectivity index (χ4n) is 1.14. The number of carbonyl (C=O) groups is 1. The van der Waals surface area contributed by atoms with Gasteiger partial charge < -0.3 is 15.9 Å². The Morgan fingerprint density at radius 1 is 1.36 bits per heavy atom. The maximum Gasteiger partial charge on any atom is 0.290 e. The summed E-state index contributed by atoms with van der Waals surface area (Å²) in [5, 5.41) is 15.9. The average molecular weight is 161 g/mol. The van der Waals surface area contributed by atoms with E-state index in [-0.39, 0.29) is 18.6 Å². The van der Waals surface area contributed by atoms with Gasteiger partial charge in [0.2, 0.25) is 0 Å². The molecule has 4 nitrogen and oxygen atoms in total. The Morgan fingerprint density at radius 3 is 2.09 bits per heavy atom. The van der Waals surface area contributed by atoms with Crippen molar-refractivity contribution in [2.45, 2.75) is 37.8 Å². The molecule has 1 aliphatic rings. The van der Waals surface area contributed by atoms with Crippen LogP contribution < -0.4 is 5.73 Å². The van der Waals surface area contributed by atoms with Crippen LogP contribution in [0.25, 0.3) is 0 Å². The predicted octanol–water partition coefficient (Wildman–Crippen LogP) is -0.0506. The molecule has 0 unspecified atom stereocenters. The highest BCUT2D eigenvalue weighted by Crippen LogP contribution is 2.15. The van der Waals surface area contributed by atoms with Crippen LogP contribution in [0.1, 0.15) is 25.7 Å². The fraction of sp³-hybridized carbons (Fsp3) is 0.857. The molecule has 0 aromatic heterocycles. The summed E-state index contributed by atoms with van der Waals surface area (Å²) in [6.07, 6.45) is 4.03. The highest BCUT2D eigenvalue weighted by molar-refractivity contribution is 5.32. The third-order valence-corrected chi connectivity index (χ3v) is 1.78. The number of carboxylic acid groups (broad SMARTS) is 1. The lowest BCUT2D eigenvalue weighted by Gasteiger charge is -2.23. The molecule has 11 heavy (non-hydrogen) atoms. The molecular weight excluding hydrogens is 146 g/mol. The highest BCUT2D eigenvalue weighted by Gasteiger charge is 2.17.